The van der Waals surface area contributed by atoms with E-state index < -0.39 is 0 Å². The van der Waals surface area contributed by atoms with E-state index in [4.69, 9.17) is 24.7 Å². The minimum Gasteiger partial charge on any atom is -0.490 e. The van der Waals surface area contributed by atoms with Crippen molar-refractivity contribution in [2.45, 2.75) is 12.1 Å². The summed E-state index contributed by atoms with van der Waals surface area (Å²) in [7, 11) is 1.65. The summed E-state index contributed by atoms with van der Waals surface area (Å²) in [6, 6.07) is 5.61. The lowest BCUT2D eigenvalue weighted by molar-refractivity contribution is -0.0975. The van der Waals surface area contributed by atoms with E-state index in [9.17, 15) is 0 Å². The molecule has 0 radical (unpaired) electrons. The highest BCUT2D eigenvalue weighted by atomic mass is 79.9. The van der Waals surface area contributed by atoms with E-state index >= 15 is 0 Å². The number of methoxy groups -OCH3 is 1. The Kier molecular flexibility index (Phi) is 6.25. The zero-order valence-corrected chi connectivity index (χ0v) is 13.1. The van der Waals surface area contributed by atoms with Gasteiger partial charge in [-0.1, -0.05) is 6.07 Å². The molecule has 1 aromatic carbocycles. The molecule has 2 unspecified atom stereocenters. The zero-order valence-electron chi connectivity index (χ0n) is 11.5. The maximum atomic E-state index is 6.22. The topological polar surface area (TPSA) is 62.9 Å². The van der Waals surface area contributed by atoms with Gasteiger partial charge in [0.2, 0.25) is 0 Å². The molecule has 0 aliphatic carbocycles. The average Bonchev–Trinajstić information content (AvgIpc) is 2.49. The van der Waals surface area contributed by atoms with Gasteiger partial charge in [0, 0.05) is 7.11 Å². The molecule has 1 saturated heterocycles. The molecule has 1 aliphatic rings. The van der Waals surface area contributed by atoms with Crippen LogP contribution in [0.15, 0.2) is 22.7 Å². The Hall–Kier alpha value is -0.660. The summed E-state index contributed by atoms with van der Waals surface area (Å²) in [5.41, 5.74) is 7.22. The third-order valence-electron chi connectivity index (χ3n) is 3.13. The van der Waals surface area contributed by atoms with Crippen LogP contribution in [0, 0.1) is 0 Å². The van der Waals surface area contributed by atoms with Gasteiger partial charge >= 0.3 is 0 Å². The van der Waals surface area contributed by atoms with Gasteiger partial charge in [0.05, 0.1) is 36.9 Å². The predicted molar refractivity (Wildman–Crippen MR) is 79.0 cm³/mol. The Bertz CT molecular complexity index is 424. The van der Waals surface area contributed by atoms with Crippen LogP contribution < -0.4 is 10.5 Å². The lowest BCUT2D eigenvalue weighted by atomic mass is 10.0. The maximum Gasteiger partial charge on any atom is 0.133 e. The molecule has 0 saturated carbocycles. The highest BCUT2D eigenvalue weighted by Crippen LogP contribution is 2.29. The Labute approximate surface area is 127 Å². The summed E-state index contributed by atoms with van der Waals surface area (Å²) < 4.78 is 22.4. The molecule has 2 N–H and O–H groups in total. The monoisotopic (exact) mass is 345 g/mol. The second kappa shape index (κ2) is 7.95. The standard InChI is InChI=1S/C14H20BrNO4/c1-17-4-6-19-12-3-2-10(8-11(12)15)14(16)13-9-18-5-7-20-13/h2-3,8,13-14H,4-7,9,16H2,1H3. The number of benzene rings is 1. The fourth-order valence-electron chi connectivity index (χ4n) is 2.00. The van der Waals surface area contributed by atoms with E-state index in [1.807, 2.05) is 18.2 Å². The van der Waals surface area contributed by atoms with E-state index in [0.717, 1.165) is 15.8 Å². The average molecular weight is 346 g/mol. The van der Waals surface area contributed by atoms with Crippen LogP contribution in [-0.4, -0.2) is 46.2 Å². The number of rotatable bonds is 6. The van der Waals surface area contributed by atoms with Crippen molar-refractivity contribution in [1.82, 2.24) is 0 Å². The van der Waals surface area contributed by atoms with Crippen LogP contribution in [0.5, 0.6) is 5.75 Å². The molecule has 1 fully saturated rings. The molecule has 112 valence electrons. The summed E-state index contributed by atoms with van der Waals surface area (Å²) in [5, 5.41) is 0. The second-order valence-electron chi connectivity index (χ2n) is 4.54. The number of hydrogen-bond donors (Lipinski definition) is 1. The van der Waals surface area contributed by atoms with Gasteiger partial charge in [-0.25, -0.2) is 0 Å². The Morgan fingerprint density at radius 3 is 2.90 bits per heavy atom. The highest BCUT2D eigenvalue weighted by Gasteiger charge is 2.23. The van der Waals surface area contributed by atoms with Crippen molar-refractivity contribution >= 4 is 15.9 Å². The van der Waals surface area contributed by atoms with Crippen molar-refractivity contribution in [3.05, 3.63) is 28.2 Å². The number of halogens is 1. The maximum absolute atomic E-state index is 6.22. The predicted octanol–water partition coefficient (Wildman–Crippen LogP) is 1.89. The molecule has 0 amide bonds. The van der Waals surface area contributed by atoms with Gasteiger partial charge < -0.3 is 24.7 Å². The van der Waals surface area contributed by atoms with Gasteiger partial charge in [0.15, 0.2) is 0 Å². The van der Waals surface area contributed by atoms with Crippen molar-refractivity contribution in [2.24, 2.45) is 5.73 Å². The molecule has 20 heavy (non-hydrogen) atoms. The van der Waals surface area contributed by atoms with Gasteiger partial charge in [-0.3, -0.25) is 0 Å². The van der Waals surface area contributed by atoms with Crippen LogP contribution in [-0.2, 0) is 14.2 Å². The van der Waals surface area contributed by atoms with Gasteiger partial charge in [-0.05, 0) is 33.6 Å². The number of ether oxygens (including phenoxy) is 4. The molecular weight excluding hydrogens is 326 g/mol. The van der Waals surface area contributed by atoms with E-state index in [0.29, 0.717) is 33.0 Å². The first-order valence-corrected chi connectivity index (χ1v) is 7.38. The van der Waals surface area contributed by atoms with Gasteiger partial charge in [0.25, 0.3) is 0 Å². The minimum atomic E-state index is -0.209. The van der Waals surface area contributed by atoms with Crippen LogP contribution in [0.3, 0.4) is 0 Å². The van der Waals surface area contributed by atoms with E-state index in [-0.39, 0.29) is 12.1 Å². The first-order valence-electron chi connectivity index (χ1n) is 6.58. The molecule has 0 spiro atoms. The lowest BCUT2D eigenvalue weighted by Crippen LogP contribution is -2.37. The smallest absolute Gasteiger partial charge is 0.133 e. The molecule has 2 atom stereocenters. The summed E-state index contributed by atoms with van der Waals surface area (Å²) >= 11 is 3.50. The number of nitrogens with two attached hydrogens (primary N) is 1. The largest absolute Gasteiger partial charge is 0.490 e. The molecule has 0 aromatic heterocycles. The fraction of sp³-hybridized carbons (Fsp3) is 0.571. The Balaban J connectivity index is 1.99. The van der Waals surface area contributed by atoms with Crippen LogP contribution >= 0.6 is 15.9 Å². The van der Waals surface area contributed by atoms with Crippen LogP contribution in [0.25, 0.3) is 0 Å². The van der Waals surface area contributed by atoms with Crippen molar-refractivity contribution in [3.63, 3.8) is 0 Å². The first kappa shape index (κ1) is 15.7. The van der Waals surface area contributed by atoms with Crippen molar-refractivity contribution < 1.29 is 18.9 Å². The van der Waals surface area contributed by atoms with Crippen molar-refractivity contribution in [1.29, 1.82) is 0 Å². The summed E-state index contributed by atoms with van der Waals surface area (Å²) in [6.07, 6.45) is -0.101. The molecule has 1 heterocycles. The van der Waals surface area contributed by atoms with Gasteiger partial charge in [0.1, 0.15) is 18.5 Å². The molecule has 0 bridgehead atoms. The summed E-state index contributed by atoms with van der Waals surface area (Å²) in [6.45, 7) is 2.84. The summed E-state index contributed by atoms with van der Waals surface area (Å²) in [5.74, 6) is 0.777. The van der Waals surface area contributed by atoms with Gasteiger partial charge in [-0.2, -0.15) is 0 Å². The normalized spacial score (nSPS) is 20.6. The molecule has 1 aromatic rings. The van der Waals surface area contributed by atoms with Crippen molar-refractivity contribution in [2.75, 3.05) is 40.1 Å². The summed E-state index contributed by atoms with van der Waals surface area (Å²) in [4.78, 5) is 0. The van der Waals surface area contributed by atoms with E-state index in [1.54, 1.807) is 7.11 Å². The Morgan fingerprint density at radius 2 is 2.25 bits per heavy atom. The SMILES string of the molecule is COCCOc1ccc(C(N)C2COCCO2)cc1Br. The molecular formula is C14H20BrNO4. The molecule has 1 aliphatic heterocycles. The van der Waals surface area contributed by atoms with Crippen molar-refractivity contribution in [3.8, 4) is 5.75 Å². The lowest BCUT2D eigenvalue weighted by Gasteiger charge is -2.28. The third-order valence-corrected chi connectivity index (χ3v) is 3.75. The van der Waals surface area contributed by atoms with Crippen LogP contribution in [0.1, 0.15) is 11.6 Å². The van der Waals surface area contributed by atoms with Crippen LogP contribution in [0.2, 0.25) is 0 Å². The van der Waals surface area contributed by atoms with E-state index in [1.165, 1.54) is 0 Å². The number of hydrogen-bond acceptors (Lipinski definition) is 5. The highest BCUT2D eigenvalue weighted by molar-refractivity contribution is 9.10. The quantitative estimate of drug-likeness (QED) is 0.797. The zero-order chi connectivity index (χ0) is 14.4. The third kappa shape index (κ3) is 4.17. The minimum absolute atomic E-state index is 0.101. The molecule has 6 heteroatoms. The fourth-order valence-corrected chi connectivity index (χ4v) is 2.52. The first-order chi connectivity index (χ1) is 9.72. The molecule has 5 nitrogen and oxygen atoms in total. The van der Waals surface area contributed by atoms with E-state index in [2.05, 4.69) is 15.9 Å². The van der Waals surface area contributed by atoms with Gasteiger partial charge in [-0.15, -0.1) is 0 Å². The van der Waals surface area contributed by atoms with Crippen LogP contribution in [0.4, 0.5) is 0 Å². The Morgan fingerprint density at radius 1 is 1.40 bits per heavy atom. The second-order valence-corrected chi connectivity index (χ2v) is 5.40. The molecule has 2 rings (SSSR count).